The number of nitrogens with zero attached hydrogens (tertiary/aromatic N) is 4. The molecule has 3 rings (SSSR count). The van der Waals surface area contributed by atoms with Crippen LogP contribution in [0.3, 0.4) is 0 Å². The van der Waals surface area contributed by atoms with Gasteiger partial charge in [-0.15, -0.1) is 0 Å². The van der Waals surface area contributed by atoms with Crippen LogP contribution in [0, 0.1) is 5.92 Å². The van der Waals surface area contributed by atoms with Gasteiger partial charge in [0.25, 0.3) is 0 Å². The molecule has 0 atom stereocenters. The molecule has 29 heavy (non-hydrogen) atoms. The summed E-state index contributed by atoms with van der Waals surface area (Å²) >= 11 is 0. The van der Waals surface area contributed by atoms with E-state index in [9.17, 15) is 9.90 Å². The molecule has 0 bridgehead atoms. The molecule has 0 saturated carbocycles. The van der Waals surface area contributed by atoms with Crippen molar-refractivity contribution in [2.75, 3.05) is 0 Å². The molecule has 1 N–H and O–H groups in total. The molecule has 2 aromatic heterocycles. The minimum Gasteiger partial charge on any atom is -0.478 e. The van der Waals surface area contributed by atoms with Crippen LogP contribution >= 0.6 is 0 Å². The lowest BCUT2D eigenvalue weighted by molar-refractivity contribution is 0.0697. The zero-order valence-corrected chi connectivity index (χ0v) is 17.3. The molecule has 2 heterocycles. The molecule has 0 unspecified atom stereocenters. The van der Waals surface area contributed by atoms with E-state index in [4.69, 9.17) is 10.1 Å². The Bertz CT molecular complexity index is 961. The molecule has 0 saturated heterocycles. The van der Waals surface area contributed by atoms with E-state index in [1.54, 1.807) is 18.3 Å². The zero-order chi connectivity index (χ0) is 20.8. The van der Waals surface area contributed by atoms with Gasteiger partial charge in [-0.05, 0) is 30.0 Å². The summed E-state index contributed by atoms with van der Waals surface area (Å²) in [5.41, 5.74) is 2.72. The third-order valence-electron chi connectivity index (χ3n) is 4.73. The average Bonchev–Trinajstić information content (AvgIpc) is 3.07. The van der Waals surface area contributed by atoms with Crippen LogP contribution in [0.5, 0.6) is 0 Å². The van der Waals surface area contributed by atoms with Crippen molar-refractivity contribution in [3.05, 3.63) is 65.5 Å². The van der Waals surface area contributed by atoms with Gasteiger partial charge in [0.05, 0.1) is 5.56 Å². The van der Waals surface area contributed by atoms with Crippen LogP contribution in [0.2, 0.25) is 0 Å². The summed E-state index contributed by atoms with van der Waals surface area (Å²) < 4.78 is 2.01. The van der Waals surface area contributed by atoms with Crippen molar-refractivity contribution in [2.24, 2.45) is 5.92 Å². The average molecular weight is 393 g/mol. The number of hydrogen-bond acceptors (Lipinski definition) is 4. The van der Waals surface area contributed by atoms with Gasteiger partial charge in [-0.25, -0.2) is 14.5 Å². The standard InChI is InChI=1S/C23H28N4O2/c1-4-7-22-25-21(14-16(2)3)26-27(22)13-12-18-11-10-17(15-24-18)19-8-5-6-9-20(19)23(28)29/h5-6,8-11,15-16H,4,7,12-14H2,1-3H3,(H,28,29). The molecule has 152 valence electrons. The maximum absolute atomic E-state index is 11.4. The summed E-state index contributed by atoms with van der Waals surface area (Å²) in [7, 11) is 0. The summed E-state index contributed by atoms with van der Waals surface area (Å²) in [6, 6.07) is 10.9. The van der Waals surface area contributed by atoms with Crippen molar-refractivity contribution in [1.82, 2.24) is 19.7 Å². The van der Waals surface area contributed by atoms with Gasteiger partial charge in [-0.3, -0.25) is 4.98 Å². The molecular weight excluding hydrogens is 364 g/mol. The van der Waals surface area contributed by atoms with E-state index in [1.165, 1.54) is 0 Å². The number of pyridine rings is 1. The molecular formula is C23H28N4O2. The molecule has 0 fully saturated rings. The first-order valence-corrected chi connectivity index (χ1v) is 10.2. The van der Waals surface area contributed by atoms with Crippen molar-refractivity contribution < 1.29 is 9.90 Å². The summed E-state index contributed by atoms with van der Waals surface area (Å²) in [5.74, 6) is 1.55. The highest BCUT2D eigenvalue weighted by Crippen LogP contribution is 2.23. The Labute approximate surface area is 171 Å². The van der Waals surface area contributed by atoms with E-state index in [0.29, 0.717) is 11.5 Å². The Morgan fingerprint density at radius 2 is 1.93 bits per heavy atom. The second kappa shape index (κ2) is 9.45. The number of carboxylic acid groups (broad SMARTS) is 1. The second-order valence-electron chi connectivity index (χ2n) is 7.65. The zero-order valence-electron chi connectivity index (χ0n) is 17.3. The van der Waals surface area contributed by atoms with Gasteiger partial charge in [0.1, 0.15) is 5.82 Å². The monoisotopic (exact) mass is 392 g/mol. The molecule has 0 aliphatic rings. The molecule has 1 aromatic carbocycles. The fourth-order valence-corrected chi connectivity index (χ4v) is 3.34. The van der Waals surface area contributed by atoms with Crippen LogP contribution in [0.1, 0.15) is 54.9 Å². The van der Waals surface area contributed by atoms with Gasteiger partial charge in [0, 0.05) is 43.3 Å². The van der Waals surface area contributed by atoms with Crippen LogP contribution in [0.25, 0.3) is 11.1 Å². The highest BCUT2D eigenvalue weighted by atomic mass is 16.4. The third-order valence-corrected chi connectivity index (χ3v) is 4.73. The fraction of sp³-hybridized carbons (Fsp3) is 0.391. The Balaban J connectivity index is 1.73. The second-order valence-corrected chi connectivity index (χ2v) is 7.65. The van der Waals surface area contributed by atoms with Gasteiger partial charge in [-0.2, -0.15) is 5.10 Å². The smallest absolute Gasteiger partial charge is 0.336 e. The van der Waals surface area contributed by atoms with E-state index < -0.39 is 5.97 Å². The van der Waals surface area contributed by atoms with E-state index in [0.717, 1.165) is 55.1 Å². The van der Waals surface area contributed by atoms with E-state index in [1.807, 2.05) is 28.9 Å². The Morgan fingerprint density at radius 1 is 1.14 bits per heavy atom. The summed E-state index contributed by atoms with van der Waals surface area (Å²) in [6.45, 7) is 7.23. The molecule has 0 amide bonds. The lowest BCUT2D eigenvalue weighted by atomic mass is 10.0. The number of benzene rings is 1. The van der Waals surface area contributed by atoms with Crippen molar-refractivity contribution in [3.8, 4) is 11.1 Å². The van der Waals surface area contributed by atoms with Crippen LogP contribution in [0.4, 0.5) is 0 Å². The number of hydrogen-bond donors (Lipinski definition) is 1. The van der Waals surface area contributed by atoms with Gasteiger partial charge in [0.2, 0.25) is 0 Å². The first-order chi connectivity index (χ1) is 14.0. The minimum atomic E-state index is -0.934. The molecule has 6 nitrogen and oxygen atoms in total. The third kappa shape index (κ3) is 5.28. The molecule has 0 aliphatic carbocycles. The lowest BCUT2D eigenvalue weighted by Gasteiger charge is -2.08. The fourth-order valence-electron chi connectivity index (χ4n) is 3.34. The minimum absolute atomic E-state index is 0.284. The molecule has 6 heteroatoms. The van der Waals surface area contributed by atoms with Crippen LogP contribution in [-0.4, -0.2) is 30.8 Å². The number of rotatable bonds is 9. The van der Waals surface area contributed by atoms with Crippen molar-refractivity contribution >= 4 is 5.97 Å². The largest absolute Gasteiger partial charge is 0.478 e. The van der Waals surface area contributed by atoms with Crippen LogP contribution < -0.4 is 0 Å². The van der Waals surface area contributed by atoms with Crippen LogP contribution in [0.15, 0.2) is 42.6 Å². The van der Waals surface area contributed by atoms with Crippen molar-refractivity contribution in [2.45, 2.75) is 53.0 Å². The first-order valence-electron chi connectivity index (χ1n) is 10.2. The van der Waals surface area contributed by atoms with Gasteiger partial charge in [0.15, 0.2) is 5.82 Å². The number of carboxylic acids is 1. The molecule has 0 spiro atoms. The predicted molar refractivity (Wildman–Crippen MR) is 113 cm³/mol. The number of carbonyl (C=O) groups is 1. The maximum atomic E-state index is 11.4. The first kappa shape index (κ1) is 20.7. The quantitative estimate of drug-likeness (QED) is 0.582. The van der Waals surface area contributed by atoms with Gasteiger partial charge >= 0.3 is 5.97 Å². The Morgan fingerprint density at radius 3 is 2.59 bits per heavy atom. The van der Waals surface area contributed by atoms with Crippen LogP contribution in [-0.2, 0) is 25.8 Å². The number of aromatic carboxylic acids is 1. The summed E-state index contributed by atoms with van der Waals surface area (Å²) in [5, 5.41) is 14.1. The number of aromatic nitrogens is 4. The molecule has 0 aliphatic heterocycles. The van der Waals surface area contributed by atoms with Crippen molar-refractivity contribution in [1.29, 1.82) is 0 Å². The normalized spacial score (nSPS) is 11.2. The predicted octanol–water partition coefficient (Wildman–Crippen LogP) is 4.43. The summed E-state index contributed by atoms with van der Waals surface area (Å²) in [6.07, 6.45) is 5.34. The Kier molecular flexibility index (Phi) is 6.75. The topological polar surface area (TPSA) is 80.9 Å². The van der Waals surface area contributed by atoms with Crippen molar-refractivity contribution in [3.63, 3.8) is 0 Å². The molecule has 0 radical (unpaired) electrons. The highest BCUT2D eigenvalue weighted by molar-refractivity contribution is 5.95. The highest BCUT2D eigenvalue weighted by Gasteiger charge is 2.13. The number of aryl methyl sites for hydroxylation is 3. The maximum Gasteiger partial charge on any atom is 0.336 e. The Hall–Kier alpha value is -3.02. The molecule has 3 aromatic rings. The van der Waals surface area contributed by atoms with E-state index >= 15 is 0 Å². The SMILES string of the molecule is CCCc1nc(CC(C)C)nn1CCc1ccc(-c2ccccc2C(=O)O)cn1. The lowest BCUT2D eigenvalue weighted by Crippen LogP contribution is -2.09. The van der Waals surface area contributed by atoms with Gasteiger partial charge < -0.3 is 5.11 Å². The van der Waals surface area contributed by atoms with E-state index in [2.05, 4.69) is 25.8 Å². The van der Waals surface area contributed by atoms with E-state index in [-0.39, 0.29) is 5.56 Å². The van der Waals surface area contributed by atoms with Gasteiger partial charge in [-0.1, -0.05) is 45.0 Å². The summed E-state index contributed by atoms with van der Waals surface area (Å²) in [4.78, 5) is 20.7.